The highest BCUT2D eigenvalue weighted by molar-refractivity contribution is 5.89. The molecule has 0 aliphatic carbocycles. The molecule has 1 saturated heterocycles. The molecule has 1 aliphatic rings. The molecule has 1 aromatic heterocycles. The Balaban J connectivity index is 1.23. The summed E-state index contributed by atoms with van der Waals surface area (Å²) < 4.78 is 10.6. The molecule has 172 valence electrons. The number of carbonyl (C=O) groups excluding carboxylic acids is 1. The Kier molecular flexibility index (Phi) is 6.84. The number of para-hydroxylation sites is 3. The third-order valence-corrected chi connectivity index (χ3v) is 5.53. The van der Waals surface area contributed by atoms with E-state index in [4.69, 9.17) is 9.15 Å². The van der Waals surface area contributed by atoms with Crippen LogP contribution in [0.25, 0.3) is 11.0 Å². The van der Waals surface area contributed by atoms with Gasteiger partial charge in [-0.1, -0.05) is 24.3 Å². The molecule has 1 aliphatic heterocycles. The van der Waals surface area contributed by atoms with Crippen LogP contribution in [0.5, 0.6) is 5.75 Å². The molecule has 2 heterocycles. The number of nitrogens with one attached hydrogen (secondary N) is 1. The number of nitro groups is 1. The number of ether oxygens (including phenoxy) is 1. The summed E-state index contributed by atoms with van der Waals surface area (Å²) in [5, 5.41) is 15.2. The summed E-state index contributed by atoms with van der Waals surface area (Å²) >= 11 is 0. The summed E-state index contributed by atoms with van der Waals surface area (Å²) in [4.78, 5) is 38.7. The maximum absolute atomic E-state index is 12.5. The van der Waals surface area contributed by atoms with Gasteiger partial charge in [0.15, 0.2) is 12.4 Å². The number of nitrogens with zero attached hydrogens (tertiary/aromatic N) is 3. The fraction of sp³-hybridized carbons (Fsp3) is 0.304. The second-order valence-electron chi connectivity index (χ2n) is 7.64. The summed E-state index contributed by atoms with van der Waals surface area (Å²) in [6.45, 7) is 3.67. The highest BCUT2D eigenvalue weighted by atomic mass is 16.6. The van der Waals surface area contributed by atoms with Gasteiger partial charge in [-0.25, -0.2) is 4.79 Å². The van der Waals surface area contributed by atoms with Gasteiger partial charge in [-0.15, -0.1) is 0 Å². The predicted molar refractivity (Wildman–Crippen MR) is 123 cm³/mol. The first kappa shape index (κ1) is 22.3. The van der Waals surface area contributed by atoms with Crippen LogP contribution in [0.1, 0.15) is 0 Å². The van der Waals surface area contributed by atoms with E-state index in [0.29, 0.717) is 38.3 Å². The maximum Gasteiger partial charge on any atom is 0.338 e. The Hall–Kier alpha value is -3.92. The molecule has 1 N–H and O–H groups in total. The Morgan fingerprint density at radius 1 is 1.09 bits per heavy atom. The average molecular weight is 452 g/mol. The van der Waals surface area contributed by atoms with E-state index >= 15 is 0 Å². The van der Waals surface area contributed by atoms with Crippen molar-refractivity contribution in [1.82, 2.24) is 9.80 Å². The normalized spacial score (nSPS) is 14.2. The van der Waals surface area contributed by atoms with Crippen molar-refractivity contribution in [1.29, 1.82) is 0 Å². The van der Waals surface area contributed by atoms with Gasteiger partial charge >= 0.3 is 11.3 Å². The van der Waals surface area contributed by atoms with E-state index in [9.17, 15) is 19.7 Å². The molecule has 10 nitrogen and oxygen atoms in total. The molecule has 4 rings (SSSR count). The van der Waals surface area contributed by atoms with Crippen LogP contribution in [0.2, 0.25) is 0 Å². The van der Waals surface area contributed by atoms with Crippen molar-refractivity contribution >= 4 is 28.3 Å². The Morgan fingerprint density at radius 2 is 1.82 bits per heavy atom. The first-order chi connectivity index (χ1) is 16.0. The van der Waals surface area contributed by atoms with E-state index in [1.54, 1.807) is 23.1 Å². The molecule has 2 aromatic carbocycles. The molecule has 0 bridgehead atoms. The molecular weight excluding hydrogens is 428 g/mol. The molecule has 0 spiro atoms. The van der Waals surface area contributed by atoms with Crippen LogP contribution >= 0.6 is 0 Å². The van der Waals surface area contributed by atoms with E-state index in [0.717, 1.165) is 17.6 Å². The van der Waals surface area contributed by atoms with Gasteiger partial charge in [-0.3, -0.25) is 19.8 Å². The van der Waals surface area contributed by atoms with Gasteiger partial charge in [0.1, 0.15) is 5.58 Å². The zero-order valence-electron chi connectivity index (χ0n) is 17.9. The van der Waals surface area contributed by atoms with Gasteiger partial charge in [0.25, 0.3) is 5.91 Å². The van der Waals surface area contributed by atoms with Crippen LogP contribution in [0, 0.1) is 10.1 Å². The lowest BCUT2D eigenvalue weighted by atomic mass is 10.2. The fourth-order valence-electron chi connectivity index (χ4n) is 3.79. The zero-order chi connectivity index (χ0) is 23.2. The van der Waals surface area contributed by atoms with E-state index in [-0.39, 0.29) is 24.0 Å². The molecule has 33 heavy (non-hydrogen) atoms. The molecule has 0 unspecified atom stereocenters. The number of fused-ring (bicyclic) bond motifs is 1. The van der Waals surface area contributed by atoms with Crippen molar-refractivity contribution in [3.05, 3.63) is 75.1 Å². The van der Waals surface area contributed by atoms with E-state index in [1.165, 1.54) is 18.2 Å². The van der Waals surface area contributed by atoms with Gasteiger partial charge in [0, 0.05) is 56.8 Å². The SMILES string of the molecule is O=C(COc1ccccc1[N+](=O)[O-])N1CCN(CCNc2cc(=O)oc3ccccc23)CC1. The predicted octanol–water partition coefficient (Wildman–Crippen LogP) is 2.34. The number of hydrogen-bond donors (Lipinski definition) is 1. The summed E-state index contributed by atoms with van der Waals surface area (Å²) in [6, 6.07) is 14.8. The number of benzene rings is 2. The number of nitro benzene ring substituents is 1. The zero-order valence-corrected chi connectivity index (χ0v) is 17.9. The molecule has 10 heteroatoms. The lowest BCUT2D eigenvalue weighted by molar-refractivity contribution is -0.385. The highest BCUT2D eigenvalue weighted by Gasteiger charge is 2.22. The average Bonchev–Trinajstić information content (AvgIpc) is 2.83. The van der Waals surface area contributed by atoms with Crippen LogP contribution in [0.4, 0.5) is 11.4 Å². The molecular formula is C23H24N4O6. The number of rotatable bonds is 8. The van der Waals surface area contributed by atoms with Gasteiger partial charge in [-0.2, -0.15) is 0 Å². The van der Waals surface area contributed by atoms with Crippen molar-refractivity contribution in [3.63, 3.8) is 0 Å². The highest BCUT2D eigenvalue weighted by Crippen LogP contribution is 2.25. The van der Waals surface area contributed by atoms with Crippen LogP contribution in [0.15, 0.2) is 63.8 Å². The van der Waals surface area contributed by atoms with Crippen molar-refractivity contribution in [2.24, 2.45) is 0 Å². The lowest BCUT2D eigenvalue weighted by Crippen LogP contribution is -2.50. The van der Waals surface area contributed by atoms with E-state index < -0.39 is 10.5 Å². The van der Waals surface area contributed by atoms with Crippen LogP contribution in [-0.2, 0) is 4.79 Å². The lowest BCUT2D eigenvalue weighted by Gasteiger charge is -2.34. The largest absolute Gasteiger partial charge is 0.477 e. The van der Waals surface area contributed by atoms with Gasteiger partial charge in [0.05, 0.1) is 10.6 Å². The van der Waals surface area contributed by atoms with Gasteiger partial charge in [-0.05, 0) is 18.2 Å². The van der Waals surface area contributed by atoms with Crippen LogP contribution in [0.3, 0.4) is 0 Å². The monoisotopic (exact) mass is 452 g/mol. The fourth-order valence-corrected chi connectivity index (χ4v) is 3.79. The van der Waals surface area contributed by atoms with Gasteiger partial charge in [0.2, 0.25) is 0 Å². The molecule has 3 aromatic rings. The second-order valence-corrected chi connectivity index (χ2v) is 7.64. The van der Waals surface area contributed by atoms with E-state index in [2.05, 4.69) is 10.2 Å². The minimum Gasteiger partial charge on any atom is -0.477 e. The maximum atomic E-state index is 12.5. The third kappa shape index (κ3) is 5.47. The number of piperazine rings is 1. The first-order valence-corrected chi connectivity index (χ1v) is 10.6. The summed E-state index contributed by atoms with van der Waals surface area (Å²) in [5.41, 5.74) is 0.725. The summed E-state index contributed by atoms with van der Waals surface area (Å²) in [7, 11) is 0. The number of amides is 1. The molecule has 0 radical (unpaired) electrons. The third-order valence-electron chi connectivity index (χ3n) is 5.53. The molecule has 0 saturated carbocycles. The Labute approximate surface area is 189 Å². The van der Waals surface area contributed by atoms with Crippen molar-refractivity contribution in [2.45, 2.75) is 0 Å². The quantitative estimate of drug-likeness (QED) is 0.314. The smallest absolute Gasteiger partial charge is 0.338 e. The van der Waals surface area contributed by atoms with Gasteiger partial charge < -0.3 is 19.4 Å². The summed E-state index contributed by atoms with van der Waals surface area (Å²) in [5.74, 6) is -0.114. The minimum atomic E-state index is -0.530. The topological polar surface area (TPSA) is 118 Å². The van der Waals surface area contributed by atoms with Crippen LogP contribution in [-0.4, -0.2) is 66.5 Å². The van der Waals surface area contributed by atoms with Crippen molar-refractivity contribution in [2.75, 3.05) is 51.2 Å². The minimum absolute atomic E-state index is 0.0861. The van der Waals surface area contributed by atoms with Crippen LogP contribution < -0.4 is 15.7 Å². The Bertz CT molecular complexity index is 1200. The number of anilines is 1. The van der Waals surface area contributed by atoms with E-state index in [1.807, 2.05) is 18.2 Å². The number of hydrogen-bond acceptors (Lipinski definition) is 8. The molecule has 0 atom stereocenters. The van der Waals surface area contributed by atoms with Crippen molar-refractivity contribution in [3.8, 4) is 5.75 Å². The van der Waals surface area contributed by atoms with Crippen molar-refractivity contribution < 1.29 is 18.9 Å². The first-order valence-electron chi connectivity index (χ1n) is 10.6. The summed E-state index contributed by atoms with van der Waals surface area (Å²) in [6.07, 6.45) is 0. The standard InChI is InChI=1S/C23H24N4O6/c28-22(16-32-21-8-4-2-6-19(21)27(30)31)26-13-11-25(12-14-26)10-9-24-18-15-23(29)33-20-7-3-1-5-17(18)20/h1-8,15,24H,9-14,16H2. The number of carbonyl (C=O) groups is 1. The second kappa shape index (κ2) is 10.1. The Morgan fingerprint density at radius 3 is 2.61 bits per heavy atom. The molecule has 1 fully saturated rings. The molecule has 1 amide bonds.